The monoisotopic (exact) mass is 1270 g/mol. The molecule has 0 radical (unpaired) electrons. The Morgan fingerprint density at radius 3 is 1.53 bits per heavy atom. The maximum atomic E-state index is 15.8. The molecule has 2 amide bonds. The van der Waals surface area contributed by atoms with E-state index in [2.05, 4.69) is 119 Å². The summed E-state index contributed by atoms with van der Waals surface area (Å²) in [6.45, 7) is 52.1. The van der Waals surface area contributed by atoms with Gasteiger partial charge in [0.05, 0.1) is 12.3 Å². The number of rotatable bonds is 28. The Labute approximate surface area is 545 Å². The highest BCUT2D eigenvalue weighted by molar-refractivity contribution is 8.00. The zero-order valence-corrected chi connectivity index (χ0v) is 60.4. The first-order valence-corrected chi connectivity index (χ1v) is 34.7. The molecule has 3 aliphatic rings. The third-order valence-electron chi connectivity index (χ3n) is 20.3. The van der Waals surface area contributed by atoms with Crippen LogP contribution in [0, 0.1) is 73.9 Å². The number of ether oxygens (including phenoxy) is 4. The van der Waals surface area contributed by atoms with Gasteiger partial charge in [-0.2, -0.15) is 0 Å². The average molecular weight is 1280 g/mol. The Morgan fingerprint density at radius 1 is 0.689 bits per heavy atom. The van der Waals surface area contributed by atoms with Crippen molar-refractivity contribution in [2.75, 3.05) is 24.3 Å². The summed E-state index contributed by atoms with van der Waals surface area (Å²) in [5.74, 6) is -2.69. The summed E-state index contributed by atoms with van der Waals surface area (Å²) in [6.07, 6.45) is 7.78. The van der Waals surface area contributed by atoms with Crippen LogP contribution >= 0.6 is 11.8 Å². The molecule has 5 atom stereocenters. The van der Waals surface area contributed by atoms with Crippen LogP contribution in [0.2, 0.25) is 0 Å². The minimum absolute atomic E-state index is 0.0119. The number of thioether (sulfide) groups is 1. The van der Waals surface area contributed by atoms with Gasteiger partial charge < -0.3 is 39.7 Å². The highest BCUT2D eigenvalue weighted by Crippen LogP contribution is 2.53. The molecule has 0 spiro atoms. The number of aliphatic carboxylic acids is 1. The molecule has 1 aromatic rings. The third kappa shape index (κ3) is 19.0. The number of allylic oxidation sites excluding steroid dienone is 1. The topological polar surface area (TPSA) is 229 Å². The normalized spacial score (nSPS) is 22.9. The number of amidine groups is 1. The molecule has 0 aromatic carbocycles. The molecule has 16 nitrogen and oxygen atoms in total. The van der Waals surface area contributed by atoms with Crippen molar-refractivity contribution in [3.05, 3.63) is 45.8 Å². The summed E-state index contributed by atoms with van der Waals surface area (Å²) < 4.78 is 24.3. The number of aliphatic imine (C=N–C) groups is 1. The van der Waals surface area contributed by atoms with E-state index in [1.54, 1.807) is 6.92 Å². The number of anilines is 1. The fourth-order valence-corrected chi connectivity index (χ4v) is 15.4. The van der Waals surface area contributed by atoms with E-state index in [-0.39, 0.29) is 117 Å². The van der Waals surface area contributed by atoms with E-state index in [1.807, 2.05) is 61.5 Å². The SMILES string of the molecule is C=C(C)C(=O)OCCCC(CC)(CC)C(=O)NC1=NC(=Cc2[nH]c(NC(=O)C(CC)(CC)CCCSC(COC=O)C(=O)O)c(C(=O)OC3C(C(C)(C)C)CC(C)CC3C(C)(C)C)c2C(C)C)C(C(C)C)=C1C(=O)OC1C(C(C)(C)C)CC(C)CC1C(C)(C)C. The van der Waals surface area contributed by atoms with Crippen molar-refractivity contribution in [1.29, 1.82) is 0 Å². The molecule has 1 aromatic heterocycles. The van der Waals surface area contributed by atoms with Crippen LogP contribution < -0.4 is 10.6 Å². The van der Waals surface area contributed by atoms with Crippen molar-refractivity contribution in [2.24, 2.45) is 78.9 Å². The molecule has 17 heteroatoms. The number of nitrogens with one attached hydrogen (secondary N) is 3. The van der Waals surface area contributed by atoms with Crippen LogP contribution in [0.5, 0.6) is 0 Å². The highest BCUT2D eigenvalue weighted by atomic mass is 32.2. The largest absolute Gasteiger partial charge is 0.480 e. The van der Waals surface area contributed by atoms with Gasteiger partial charge in [0.1, 0.15) is 46.9 Å². The number of hydrogen-bond donors (Lipinski definition) is 4. The standard InChI is InChI=1S/C73H118N4O12S/c1-25-72(26-2,31-29-33-87-63(81)44(9)10)66(84)76-60-56(64(82)88-58-47(68(13,14)15)35-45(11)36-48(58)69(16,17)18)54(42(5)6)51(74-60)39-52-55(43(7)8)57(65(83)89-59-49(70(19,20)21)37-46(12)38-50(59)71(22,23)24)61(75-52)77-67(85)73(27-3,28-4)32-30-34-90-53(62(79)80)40-86-41-78/h39,41-43,45-50,53,58-59,75H,9,25-38,40H2,1-8,10-24H3,(H,77,85)(H,79,80)(H,74,76,84). The van der Waals surface area contributed by atoms with E-state index in [9.17, 15) is 19.5 Å². The Morgan fingerprint density at radius 2 is 1.13 bits per heavy atom. The van der Waals surface area contributed by atoms with Gasteiger partial charge >= 0.3 is 23.9 Å². The molecule has 2 heterocycles. The van der Waals surface area contributed by atoms with E-state index in [0.29, 0.717) is 91.5 Å². The van der Waals surface area contributed by atoms with Crippen LogP contribution in [-0.4, -0.2) is 94.5 Å². The Kier molecular flexibility index (Phi) is 27.1. The number of carbonyl (C=O) groups excluding carboxylic acids is 6. The fourth-order valence-electron chi connectivity index (χ4n) is 14.5. The number of carboxylic acids is 1. The van der Waals surface area contributed by atoms with Crippen molar-refractivity contribution in [1.82, 2.24) is 10.3 Å². The summed E-state index contributed by atoms with van der Waals surface area (Å²) in [7, 11) is 0. The maximum absolute atomic E-state index is 15.8. The smallest absolute Gasteiger partial charge is 0.342 e. The molecular weight excluding hydrogens is 1160 g/mol. The van der Waals surface area contributed by atoms with Crippen LogP contribution in [0.4, 0.5) is 5.82 Å². The van der Waals surface area contributed by atoms with Gasteiger partial charge in [-0.1, -0.05) is 159 Å². The van der Waals surface area contributed by atoms with Crippen molar-refractivity contribution in [2.45, 2.75) is 260 Å². The van der Waals surface area contributed by atoms with Crippen molar-refractivity contribution >= 4 is 71.7 Å². The number of amides is 2. The van der Waals surface area contributed by atoms with Crippen molar-refractivity contribution in [3.63, 3.8) is 0 Å². The first kappa shape index (κ1) is 77.3. The van der Waals surface area contributed by atoms with Crippen LogP contribution in [0.15, 0.2) is 34.0 Å². The number of aromatic amines is 1. The Balaban J connectivity index is 2.09. The lowest BCUT2D eigenvalue weighted by Crippen LogP contribution is -2.50. The van der Waals surface area contributed by atoms with E-state index in [1.165, 1.54) is 0 Å². The lowest BCUT2D eigenvalue weighted by molar-refractivity contribution is -0.164. The second-order valence-corrected chi connectivity index (χ2v) is 33.0. The number of esters is 3. The van der Waals surface area contributed by atoms with Gasteiger partial charge in [-0.3, -0.25) is 19.2 Å². The summed E-state index contributed by atoms with van der Waals surface area (Å²) in [4.78, 5) is 106. The molecule has 4 N–H and O–H groups in total. The average Bonchev–Trinajstić information content (AvgIpc) is 1.43. The Bertz CT molecular complexity index is 2750. The molecule has 90 heavy (non-hydrogen) atoms. The van der Waals surface area contributed by atoms with E-state index < -0.39 is 52.2 Å². The molecule has 2 saturated carbocycles. The second kappa shape index (κ2) is 31.6. The first-order chi connectivity index (χ1) is 41.6. The molecule has 4 rings (SSSR count). The summed E-state index contributed by atoms with van der Waals surface area (Å²) in [6, 6.07) is 0. The molecular formula is C73H118N4O12S. The van der Waals surface area contributed by atoms with E-state index in [4.69, 9.17) is 23.9 Å². The van der Waals surface area contributed by atoms with Gasteiger partial charge in [0, 0.05) is 45.8 Å². The summed E-state index contributed by atoms with van der Waals surface area (Å²) in [5.41, 5.74) is -0.232. The number of hydrogen-bond acceptors (Lipinski definition) is 13. The summed E-state index contributed by atoms with van der Waals surface area (Å²) in [5, 5.41) is 15.3. The zero-order chi connectivity index (χ0) is 68.4. The van der Waals surface area contributed by atoms with Gasteiger partial charge in [0.15, 0.2) is 0 Å². The second-order valence-electron chi connectivity index (χ2n) is 31.7. The van der Waals surface area contributed by atoms with Crippen LogP contribution in [-0.2, 0) is 47.7 Å². The number of nitrogens with zero attached hydrogens (tertiary/aromatic N) is 1. The zero-order valence-electron chi connectivity index (χ0n) is 59.6. The molecule has 2 fully saturated rings. The molecule has 508 valence electrons. The molecule has 5 unspecified atom stereocenters. The van der Waals surface area contributed by atoms with Crippen LogP contribution in [0.25, 0.3) is 6.08 Å². The summed E-state index contributed by atoms with van der Waals surface area (Å²) >= 11 is 1.15. The minimum Gasteiger partial charge on any atom is -0.480 e. The quantitative estimate of drug-likeness (QED) is 0.0201. The fraction of sp³-hybridized carbons (Fsp3) is 0.753. The Hall–Kier alpha value is -5.19. The van der Waals surface area contributed by atoms with Crippen molar-refractivity contribution < 1.29 is 57.6 Å². The number of aromatic nitrogens is 1. The minimum atomic E-state index is -1.10. The predicted octanol–water partition coefficient (Wildman–Crippen LogP) is 16.5. The van der Waals surface area contributed by atoms with E-state index >= 15 is 19.2 Å². The van der Waals surface area contributed by atoms with Gasteiger partial charge in [-0.05, 0) is 152 Å². The first-order valence-electron chi connectivity index (χ1n) is 33.7. The number of carbonyl (C=O) groups is 7. The van der Waals surface area contributed by atoms with Gasteiger partial charge in [0.25, 0.3) is 6.47 Å². The number of H-pyrrole nitrogens is 1. The predicted molar refractivity (Wildman–Crippen MR) is 363 cm³/mol. The highest BCUT2D eigenvalue weighted by Gasteiger charge is 2.51. The van der Waals surface area contributed by atoms with E-state index in [0.717, 1.165) is 37.4 Å². The van der Waals surface area contributed by atoms with Crippen LogP contribution in [0.1, 0.15) is 264 Å². The molecule has 0 bridgehead atoms. The van der Waals surface area contributed by atoms with Crippen molar-refractivity contribution in [3.8, 4) is 0 Å². The molecule has 0 saturated heterocycles. The number of carboxylic acid groups (broad SMARTS) is 1. The maximum Gasteiger partial charge on any atom is 0.342 e. The lowest BCUT2D eigenvalue weighted by atomic mass is 9.59. The lowest BCUT2D eigenvalue weighted by Gasteiger charge is -2.50. The molecule has 2 aliphatic carbocycles. The van der Waals surface area contributed by atoms with Gasteiger partial charge in [-0.25, -0.2) is 19.4 Å². The molecule has 1 aliphatic heterocycles. The van der Waals surface area contributed by atoms with Crippen LogP contribution in [0.3, 0.4) is 0 Å². The third-order valence-corrected chi connectivity index (χ3v) is 21.6. The van der Waals surface area contributed by atoms with Gasteiger partial charge in [0.2, 0.25) is 11.8 Å². The van der Waals surface area contributed by atoms with Gasteiger partial charge in [-0.15, -0.1) is 11.8 Å².